The molecule has 90 valence electrons. The number of carbonyl (C=O) groups is 1. The van der Waals surface area contributed by atoms with Gasteiger partial charge in [-0.3, -0.25) is 4.79 Å². The Labute approximate surface area is 95.8 Å². The Kier molecular flexibility index (Phi) is 6.16. The van der Waals surface area contributed by atoms with Crippen molar-refractivity contribution in [3.63, 3.8) is 0 Å². The lowest BCUT2D eigenvalue weighted by Crippen LogP contribution is -2.46. The predicted molar refractivity (Wildman–Crippen MR) is 60.4 cm³/mol. The van der Waals surface area contributed by atoms with Gasteiger partial charge >= 0.3 is 0 Å². The third kappa shape index (κ3) is 5.34. The highest BCUT2D eigenvalue weighted by Crippen LogP contribution is 1.95. The monoisotopic (exact) mass is 256 g/mol. The first-order valence-electron chi connectivity index (χ1n) is 4.65. The normalized spacial score (nSPS) is 13.6. The number of halogens is 1. The maximum absolute atomic E-state index is 11.5. The van der Waals surface area contributed by atoms with Gasteiger partial charge in [-0.05, 0) is 13.8 Å². The van der Waals surface area contributed by atoms with Crippen molar-refractivity contribution in [2.45, 2.75) is 19.9 Å². The van der Waals surface area contributed by atoms with Crippen LogP contribution in [0.2, 0.25) is 0 Å². The van der Waals surface area contributed by atoms with Crippen LogP contribution in [-0.2, 0) is 14.8 Å². The van der Waals surface area contributed by atoms with Crippen LogP contribution >= 0.6 is 11.6 Å². The van der Waals surface area contributed by atoms with Gasteiger partial charge in [-0.1, -0.05) is 0 Å². The molecular formula is C8H17ClN2O3S. The lowest BCUT2D eigenvalue weighted by Gasteiger charge is -2.20. The summed E-state index contributed by atoms with van der Waals surface area (Å²) in [4.78, 5) is 13.0. The highest BCUT2D eigenvalue weighted by Gasteiger charge is 2.21. The second-order valence-corrected chi connectivity index (χ2v) is 5.45. The molecule has 15 heavy (non-hydrogen) atoms. The molecule has 1 atom stereocenters. The molecule has 1 amide bonds. The number of hydrogen-bond acceptors (Lipinski definition) is 3. The van der Waals surface area contributed by atoms with E-state index in [4.69, 9.17) is 11.6 Å². The zero-order valence-corrected chi connectivity index (χ0v) is 10.7. The van der Waals surface area contributed by atoms with Crippen molar-refractivity contribution in [1.29, 1.82) is 0 Å². The summed E-state index contributed by atoms with van der Waals surface area (Å²) in [7, 11) is -1.83. The summed E-state index contributed by atoms with van der Waals surface area (Å²) in [6, 6.07) is -0.747. The molecule has 0 fully saturated rings. The number of nitrogens with zero attached hydrogens (tertiary/aromatic N) is 1. The summed E-state index contributed by atoms with van der Waals surface area (Å²) >= 11 is 5.32. The van der Waals surface area contributed by atoms with Gasteiger partial charge in [-0.2, -0.15) is 0 Å². The van der Waals surface area contributed by atoms with Gasteiger partial charge in [-0.15, -0.1) is 11.6 Å². The highest BCUT2D eigenvalue weighted by atomic mass is 35.5. The molecule has 7 heteroatoms. The molecule has 0 aliphatic carbocycles. The Balaban J connectivity index is 4.37. The van der Waals surface area contributed by atoms with Crippen LogP contribution in [0.15, 0.2) is 0 Å². The molecule has 0 rings (SSSR count). The van der Waals surface area contributed by atoms with Gasteiger partial charge in [0.1, 0.15) is 0 Å². The topological polar surface area (TPSA) is 66.5 Å². The van der Waals surface area contributed by atoms with Crippen LogP contribution in [0.3, 0.4) is 0 Å². The summed E-state index contributed by atoms with van der Waals surface area (Å²) < 4.78 is 24.8. The van der Waals surface area contributed by atoms with Crippen LogP contribution in [0.1, 0.15) is 13.8 Å². The fraction of sp³-hybridized carbons (Fsp3) is 0.875. The van der Waals surface area contributed by atoms with Crippen molar-refractivity contribution in [1.82, 2.24) is 9.62 Å². The minimum Gasteiger partial charge on any atom is -0.345 e. The van der Waals surface area contributed by atoms with Crippen LogP contribution in [0.5, 0.6) is 0 Å². The lowest BCUT2D eigenvalue weighted by molar-refractivity contribution is -0.131. The third-order valence-electron chi connectivity index (χ3n) is 1.92. The van der Waals surface area contributed by atoms with Gasteiger partial charge < -0.3 is 4.90 Å². The minimum absolute atomic E-state index is 0.0138. The molecule has 0 aliphatic heterocycles. The Bertz CT molecular complexity index is 305. The van der Waals surface area contributed by atoms with Crippen molar-refractivity contribution in [3.05, 3.63) is 0 Å². The number of hydrogen-bond donors (Lipinski definition) is 1. The molecule has 0 aromatic carbocycles. The van der Waals surface area contributed by atoms with E-state index in [1.165, 1.54) is 11.8 Å². The molecule has 0 saturated carbocycles. The number of nitrogens with one attached hydrogen (secondary N) is 1. The largest absolute Gasteiger partial charge is 0.345 e. The van der Waals surface area contributed by atoms with Crippen LogP contribution < -0.4 is 4.72 Å². The number of amides is 1. The summed E-state index contributed by atoms with van der Waals surface area (Å²) in [6.07, 6.45) is 0. The van der Waals surface area contributed by atoms with E-state index in [-0.39, 0.29) is 17.5 Å². The van der Waals surface area contributed by atoms with Gasteiger partial charge in [-0.25, -0.2) is 13.1 Å². The maximum atomic E-state index is 11.5. The first-order valence-corrected chi connectivity index (χ1v) is 6.83. The first-order chi connectivity index (χ1) is 6.84. The molecule has 0 heterocycles. The molecule has 0 aliphatic rings. The van der Waals surface area contributed by atoms with Crippen LogP contribution in [0, 0.1) is 0 Å². The zero-order valence-electron chi connectivity index (χ0n) is 9.16. The van der Waals surface area contributed by atoms with Gasteiger partial charge in [0.25, 0.3) is 0 Å². The van der Waals surface area contributed by atoms with Crippen LogP contribution in [0.4, 0.5) is 0 Å². The molecular weight excluding hydrogens is 240 g/mol. The SMILES string of the molecule is CCN(C)C(=O)C(C)NS(=O)(=O)CCCl. The Hall–Kier alpha value is -0.330. The summed E-state index contributed by atoms with van der Waals surface area (Å²) in [5.41, 5.74) is 0. The van der Waals surface area contributed by atoms with Crippen LogP contribution in [0.25, 0.3) is 0 Å². The van der Waals surface area contributed by atoms with E-state index in [1.54, 1.807) is 7.05 Å². The van der Waals surface area contributed by atoms with Crippen molar-refractivity contribution >= 4 is 27.5 Å². The quantitative estimate of drug-likeness (QED) is 0.681. The predicted octanol–water partition coefficient (Wildman–Crippen LogP) is 0.0114. The summed E-state index contributed by atoms with van der Waals surface area (Å²) in [6.45, 7) is 3.87. The fourth-order valence-electron chi connectivity index (χ4n) is 0.967. The van der Waals surface area contributed by atoms with Gasteiger partial charge in [0.2, 0.25) is 15.9 Å². The second-order valence-electron chi connectivity index (χ2n) is 3.20. The van der Waals surface area contributed by atoms with Crippen molar-refractivity contribution < 1.29 is 13.2 Å². The molecule has 1 N–H and O–H groups in total. The van der Waals surface area contributed by atoms with Crippen molar-refractivity contribution in [3.8, 4) is 0 Å². The van der Waals surface area contributed by atoms with Gasteiger partial charge in [0.05, 0.1) is 11.8 Å². The number of likely N-dealkylation sites (N-methyl/N-ethyl adjacent to an activating group) is 1. The molecule has 0 aromatic heterocycles. The molecule has 5 nitrogen and oxygen atoms in total. The van der Waals surface area contributed by atoms with Crippen LogP contribution in [-0.4, -0.2) is 50.5 Å². The van der Waals surface area contributed by atoms with Gasteiger partial charge in [0, 0.05) is 19.5 Å². The van der Waals surface area contributed by atoms with Crippen molar-refractivity contribution in [2.24, 2.45) is 0 Å². The Morgan fingerprint density at radius 1 is 1.53 bits per heavy atom. The average Bonchev–Trinajstić information content (AvgIpc) is 2.14. The fourth-order valence-corrected chi connectivity index (χ4v) is 2.54. The van der Waals surface area contributed by atoms with E-state index in [0.29, 0.717) is 6.54 Å². The van der Waals surface area contributed by atoms with Crippen molar-refractivity contribution in [2.75, 3.05) is 25.2 Å². The Morgan fingerprint density at radius 3 is 2.47 bits per heavy atom. The molecule has 1 unspecified atom stereocenters. The number of alkyl halides is 1. The maximum Gasteiger partial charge on any atom is 0.240 e. The van der Waals surface area contributed by atoms with E-state index in [2.05, 4.69) is 4.72 Å². The first kappa shape index (κ1) is 14.7. The van der Waals surface area contributed by atoms with E-state index >= 15 is 0 Å². The minimum atomic E-state index is -3.45. The number of sulfonamides is 1. The third-order valence-corrected chi connectivity index (χ3v) is 3.79. The molecule has 0 spiro atoms. The van der Waals surface area contributed by atoms with E-state index < -0.39 is 16.1 Å². The Morgan fingerprint density at radius 2 is 2.07 bits per heavy atom. The molecule has 0 saturated heterocycles. The zero-order chi connectivity index (χ0) is 12.1. The van der Waals surface area contributed by atoms with E-state index in [0.717, 1.165) is 0 Å². The second kappa shape index (κ2) is 6.30. The summed E-state index contributed by atoms with van der Waals surface area (Å²) in [5, 5.41) is 0. The standard InChI is InChI=1S/C8H17ClN2O3S/c1-4-11(3)8(12)7(2)10-15(13,14)6-5-9/h7,10H,4-6H2,1-3H3. The number of carbonyl (C=O) groups excluding carboxylic acids is 1. The molecule has 0 radical (unpaired) electrons. The summed E-state index contributed by atoms with van der Waals surface area (Å²) in [5.74, 6) is -0.419. The van der Waals surface area contributed by atoms with E-state index in [9.17, 15) is 13.2 Å². The van der Waals surface area contributed by atoms with E-state index in [1.807, 2.05) is 6.92 Å². The average molecular weight is 257 g/mol. The highest BCUT2D eigenvalue weighted by molar-refractivity contribution is 7.89. The van der Waals surface area contributed by atoms with Gasteiger partial charge in [0.15, 0.2) is 0 Å². The molecule has 0 bridgehead atoms. The number of rotatable bonds is 6. The lowest BCUT2D eigenvalue weighted by atomic mass is 10.3. The molecule has 0 aromatic rings. The smallest absolute Gasteiger partial charge is 0.240 e.